The number of carbonyl (C=O) groups is 4. The number of rotatable bonds is 21. The van der Waals surface area contributed by atoms with Crippen LogP contribution in [0.2, 0.25) is 0 Å². The number of amides is 4. The van der Waals surface area contributed by atoms with Gasteiger partial charge in [0, 0.05) is 25.9 Å². The smallest absolute Gasteiger partial charge is 0.242 e. The van der Waals surface area contributed by atoms with Gasteiger partial charge in [-0.15, -0.1) is 0 Å². The summed E-state index contributed by atoms with van der Waals surface area (Å²) in [7, 11) is 0. The molecule has 0 aliphatic heterocycles. The molecule has 0 bridgehead atoms. The number of carbonyl (C=O) groups excluding carboxylic acids is 4. The molecule has 0 heterocycles. The Kier molecular flexibility index (Phi) is 16.5. The number of nitrogens with one attached hydrogen (secondary N) is 4. The molecule has 0 unspecified atom stereocenters. The van der Waals surface area contributed by atoms with Gasteiger partial charge in [0.1, 0.15) is 12.1 Å². The Bertz CT molecular complexity index is 1530. The number of hydrogen-bond donors (Lipinski definition) is 6. The molecule has 0 aromatic heterocycles. The van der Waals surface area contributed by atoms with Crippen molar-refractivity contribution in [2.45, 2.75) is 75.5 Å². The van der Waals surface area contributed by atoms with Crippen LogP contribution in [0.15, 0.2) is 121 Å². The standard InChI is InChI=1S/C42H52N6O4/c43-35(27-31-17-7-3-8-18-31)39(49)47-37(29-33-21-11-5-12-22-33)41(51)45-25-15-1-2-16-26-46-42(52)38(30-34-23-13-6-14-24-34)48-40(50)36(44)28-32-19-9-4-10-20-32/h3-14,17-24,35-38H,1-2,15-16,25-30,43-44H2,(H,45,51)(H,46,52)(H,47,49)(H,48,50)/t35-,36-,37-,38-/m0/s1. The van der Waals surface area contributed by atoms with Gasteiger partial charge in [-0.3, -0.25) is 19.2 Å². The average molecular weight is 705 g/mol. The highest BCUT2D eigenvalue weighted by Gasteiger charge is 2.25. The summed E-state index contributed by atoms with van der Waals surface area (Å²) in [6, 6.07) is 35.1. The highest BCUT2D eigenvalue weighted by Crippen LogP contribution is 2.09. The first-order chi connectivity index (χ1) is 25.3. The summed E-state index contributed by atoms with van der Waals surface area (Å²) in [5, 5.41) is 11.7. The molecule has 0 spiro atoms. The summed E-state index contributed by atoms with van der Waals surface area (Å²) >= 11 is 0. The third-order valence-corrected chi connectivity index (χ3v) is 8.80. The second-order valence-electron chi connectivity index (χ2n) is 13.1. The molecule has 0 aliphatic carbocycles. The van der Waals surface area contributed by atoms with Gasteiger partial charge in [-0.25, -0.2) is 0 Å². The fraction of sp³-hybridized carbons (Fsp3) is 0.333. The van der Waals surface area contributed by atoms with E-state index in [2.05, 4.69) is 21.3 Å². The van der Waals surface area contributed by atoms with Gasteiger partial charge < -0.3 is 32.7 Å². The van der Waals surface area contributed by atoms with Crippen molar-refractivity contribution < 1.29 is 19.2 Å². The van der Waals surface area contributed by atoms with E-state index in [-0.39, 0.29) is 23.6 Å². The summed E-state index contributed by atoms with van der Waals surface area (Å²) in [6.45, 7) is 0.910. The molecule has 0 saturated heterocycles. The van der Waals surface area contributed by atoms with Crippen molar-refractivity contribution in [1.82, 2.24) is 21.3 Å². The quantitative estimate of drug-likeness (QED) is 0.0728. The van der Waals surface area contributed by atoms with Crippen molar-refractivity contribution >= 4 is 23.6 Å². The van der Waals surface area contributed by atoms with Crippen molar-refractivity contribution in [3.05, 3.63) is 144 Å². The molecule has 52 heavy (non-hydrogen) atoms. The highest BCUT2D eigenvalue weighted by molar-refractivity contribution is 5.90. The van der Waals surface area contributed by atoms with Crippen LogP contribution >= 0.6 is 0 Å². The lowest BCUT2D eigenvalue weighted by atomic mass is 10.0. The zero-order valence-electron chi connectivity index (χ0n) is 29.7. The molecule has 10 heteroatoms. The Morgan fingerprint density at radius 2 is 0.692 bits per heavy atom. The summed E-state index contributed by atoms with van der Waals surface area (Å²) in [4.78, 5) is 52.4. The fourth-order valence-electron chi connectivity index (χ4n) is 5.87. The van der Waals surface area contributed by atoms with Gasteiger partial charge in [0.2, 0.25) is 23.6 Å². The Morgan fingerprint density at radius 3 is 1.00 bits per heavy atom. The van der Waals surface area contributed by atoms with E-state index in [4.69, 9.17) is 11.5 Å². The topological polar surface area (TPSA) is 168 Å². The second kappa shape index (κ2) is 21.8. The van der Waals surface area contributed by atoms with Gasteiger partial charge in [-0.1, -0.05) is 134 Å². The molecular formula is C42H52N6O4. The molecule has 0 saturated carbocycles. The first-order valence-electron chi connectivity index (χ1n) is 18.1. The van der Waals surface area contributed by atoms with E-state index >= 15 is 0 Å². The van der Waals surface area contributed by atoms with Crippen LogP contribution in [-0.2, 0) is 44.9 Å². The predicted octanol–water partition coefficient (Wildman–Crippen LogP) is 3.37. The van der Waals surface area contributed by atoms with Gasteiger partial charge in [0.15, 0.2) is 0 Å². The lowest BCUT2D eigenvalue weighted by Crippen LogP contribution is -2.53. The maximum atomic E-state index is 13.2. The molecule has 4 aromatic rings. The van der Waals surface area contributed by atoms with Crippen molar-refractivity contribution in [3.8, 4) is 0 Å². The maximum Gasteiger partial charge on any atom is 0.242 e. The van der Waals surface area contributed by atoms with Crippen LogP contribution in [-0.4, -0.2) is 60.9 Å². The fourth-order valence-corrected chi connectivity index (χ4v) is 5.87. The minimum Gasteiger partial charge on any atom is -0.354 e. The molecular weight excluding hydrogens is 652 g/mol. The molecule has 4 amide bonds. The van der Waals surface area contributed by atoms with Crippen LogP contribution in [0.25, 0.3) is 0 Å². The van der Waals surface area contributed by atoms with Gasteiger partial charge in [-0.05, 0) is 47.9 Å². The van der Waals surface area contributed by atoms with Gasteiger partial charge >= 0.3 is 0 Å². The Hall–Kier alpha value is -5.32. The molecule has 274 valence electrons. The number of nitrogens with two attached hydrogens (primary N) is 2. The molecule has 10 nitrogen and oxygen atoms in total. The van der Waals surface area contributed by atoms with E-state index in [1.165, 1.54) is 0 Å². The van der Waals surface area contributed by atoms with E-state index in [1.54, 1.807) is 0 Å². The monoisotopic (exact) mass is 704 g/mol. The largest absolute Gasteiger partial charge is 0.354 e. The van der Waals surface area contributed by atoms with Gasteiger partial charge in [0.25, 0.3) is 0 Å². The lowest BCUT2D eigenvalue weighted by Gasteiger charge is -2.21. The third-order valence-electron chi connectivity index (χ3n) is 8.80. The first kappa shape index (κ1) is 39.5. The minimum atomic E-state index is -0.781. The van der Waals surface area contributed by atoms with Gasteiger partial charge in [0.05, 0.1) is 12.1 Å². The lowest BCUT2D eigenvalue weighted by molar-refractivity contribution is -0.129. The van der Waals surface area contributed by atoms with Crippen molar-refractivity contribution in [3.63, 3.8) is 0 Å². The van der Waals surface area contributed by atoms with Crippen LogP contribution < -0.4 is 32.7 Å². The van der Waals surface area contributed by atoms with Crippen molar-refractivity contribution in [2.24, 2.45) is 11.5 Å². The Balaban J connectivity index is 1.19. The predicted molar refractivity (Wildman–Crippen MR) is 205 cm³/mol. The SMILES string of the molecule is N[C@@H](Cc1ccccc1)C(=O)N[C@@H](Cc1ccccc1)C(=O)NCCCCCCNC(=O)[C@H](Cc1ccccc1)NC(=O)[C@@H](N)Cc1ccccc1. The van der Waals surface area contributed by atoms with Crippen molar-refractivity contribution in [1.29, 1.82) is 0 Å². The Morgan fingerprint density at radius 1 is 0.404 bits per heavy atom. The summed E-state index contributed by atoms with van der Waals surface area (Å²) in [5.74, 6) is -1.26. The summed E-state index contributed by atoms with van der Waals surface area (Å²) < 4.78 is 0. The average Bonchev–Trinajstić information content (AvgIpc) is 3.16. The maximum absolute atomic E-state index is 13.2. The molecule has 0 aliphatic rings. The summed E-state index contributed by atoms with van der Waals surface area (Å²) in [6.07, 6.45) is 4.60. The zero-order chi connectivity index (χ0) is 37.0. The number of hydrogen-bond acceptors (Lipinski definition) is 6. The highest BCUT2D eigenvalue weighted by atomic mass is 16.2. The van der Waals surface area contributed by atoms with Gasteiger partial charge in [-0.2, -0.15) is 0 Å². The van der Waals surface area contributed by atoms with Crippen molar-refractivity contribution in [2.75, 3.05) is 13.1 Å². The first-order valence-corrected chi connectivity index (χ1v) is 18.1. The van der Waals surface area contributed by atoms with Crippen LogP contribution in [0.1, 0.15) is 47.9 Å². The molecule has 0 fully saturated rings. The van der Waals surface area contributed by atoms with E-state index in [0.717, 1.165) is 47.9 Å². The van der Waals surface area contributed by atoms with E-state index < -0.39 is 24.2 Å². The van der Waals surface area contributed by atoms with Crippen LogP contribution in [0.5, 0.6) is 0 Å². The number of benzene rings is 4. The summed E-state index contributed by atoms with van der Waals surface area (Å²) in [5.41, 5.74) is 16.2. The molecule has 0 radical (unpaired) electrons. The van der Waals surface area contributed by atoms with E-state index in [9.17, 15) is 19.2 Å². The molecule has 4 rings (SSSR count). The third kappa shape index (κ3) is 14.1. The van der Waals surface area contributed by atoms with E-state index in [1.807, 2.05) is 121 Å². The molecule has 8 N–H and O–H groups in total. The van der Waals surface area contributed by atoms with Crippen LogP contribution in [0, 0.1) is 0 Å². The van der Waals surface area contributed by atoms with E-state index in [0.29, 0.717) is 38.8 Å². The van der Waals surface area contributed by atoms with Crippen LogP contribution in [0.4, 0.5) is 0 Å². The Labute approximate surface area is 307 Å². The minimum absolute atomic E-state index is 0.258. The zero-order valence-corrected chi connectivity index (χ0v) is 29.7. The van der Waals surface area contributed by atoms with Crippen LogP contribution in [0.3, 0.4) is 0 Å². The normalized spacial score (nSPS) is 13.2. The molecule has 4 aromatic carbocycles. The second-order valence-corrected chi connectivity index (χ2v) is 13.1. The number of unbranched alkanes of at least 4 members (excludes halogenated alkanes) is 3. The molecule has 4 atom stereocenters.